The SMILES string of the molecule is C=CCN(CCO)C(=O)NCc1nnc2n1CCCCC2. The normalized spacial score (nSPS) is 14.1. The van der Waals surface area contributed by atoms with Crippen molar-refractivity contribution in [3.8, 4) is 0 Å². The molecule has 0 saturated heterocycles. The maximum absolute atomic E-state index is 12.1. The van der Waals surface area contributed by atoms with Crippen molar-refractivity contribution in [2.45, 2.75) is 38.8 Å². The van der Waals surface area contributed by atoms with Gasteiger partial charge in [-0.05, 0) is 12.8 Å². The number of urea groups is 1. The standard InChI is InChI=1S/C14H23N5O2/c1-2-7-18(9-10-20)14(21)15-11-13-17-16-12-6-4-3-5-8-19(12)13/h2,20H,1,3-11H2,(H,15,21). The van der Waals surface area contributed by atoms with E-state index in [1.165, 1.54) is 11.3 Å². The van der Waals surface area contributed by atoms with Crippen LogP contribution in [0.15, 0.2) is 12.7 Å². The number of fused-ring (bicyclic) bond motifs is 1. The minimum Gasteiger partial charge on any atom is -0.395 e. The van der Waals surface area contributed by atoms with E-state index in [9.17, 15) is 4.79 Å². The van der Waals surface area contributed by atoms with Crippen molar-refractivity contribution in [3.05, 3.63) is 24.3 Å². The van der Waals surface area contributed by atoms with Gasteiger partial charge >= 0.3 is 6.03 Å². The van der Waals surface area contributed by atoms with Crippen LogP contribution in [0.1, 0.15) is 30.9 Å². The number of hydrogen-bond donors (Lipinski definition) is 2. The zero-order valence-corrected chi connectivity index (χ0v) is 12.3. The van der Waals surface area contributed by atoms with E-state index in [4.69, 9.17) is 5.11 Å². The summed E-state index contributed by atoms with van der Waals surface area (Å²) in [5, 5.41) is 20.2. The molecule has 7 heteroatoms. The Morgan fingerprint density at radius 3 is 3.05 bits per heavy atom. The highest BCUT2D eigenvalue weighted by Gasteiger charge is 2.16. The second kappa shape index (κ2) is 7.78. The number of aromatic nitrogens is 3. The first-order valence-corrected chi connectivity index (χ1v) is 7.41. The lowest BCUT2D eigenvalue weighted by Crippen LogP contribution is -2.41. The molecule has 21 heavy (non-hydrogen) atoms. The van der Waals surface area contributed by atoms with E-state index in [0.29, 0.717) is 13.1 Å². The second-order valence-electron chi connectivity index (χ2n) is 5.11. The maximum atomic E-state index is 12.1. The van der Waals surface area contributed by atoms with Crippen LogP contribution >= 0.6 is 0 Å². The van der Waals surface area contributed by atoms with Gasteiger partial charge in [0.25, 0.3) is 0 Å². The van der Waals surface area contributed by atoms with Gasteiger partial charge in [-0.15, -0.1) is 16.8 Å². The predicted octanol–water partition coefficient (Wildman–Crippen LogP) is 0.694. The van der Waals surface area contributed by atoms with Gasteiger partial charge in [-0.1, -0.05) is 12.5 Å². The number of carbonyl (C=O) groups is 1. The molecule has 0 aliphatic carbocycles. The topological polar surface area (TPSA) is 83.3 Å². The van der Waals surface area contributed by atoms with E-state index in [0.717, 1.165) is 37.5 Å². The molecule has 1 aromatic rings. The Bertz CT molecular complexity index is 486. The number of nitrogens with one attached hydrogen (secondary N) is 1. The zero-order chi connectivity index (χ0) is 15.1. The van der Waals surface area contributed by atoms with E-state index < -0.39 is 0 Å². The molecule has 0 spiro atoms. The molecule has 116 valence electrons. The lowest BCUT2D eigenvalue weighted by molar-refractivity contribution is 0.183. The zero-order valence-electron chi connectivity index (χ0n) is 12.3. The fourth-order valence-electron chi connectivity index (χ4n) is 2.49. The minimum atomic E-state index is -0.227. The van der Waals surface area contributed by atoms with Gasteiger partial charge in [0.1, 0.15) is 5.82 Å². The van der Waals surface area contributed by atoms with Crippen molar-refractivity contribution in [2.75, 3.05) is 19.7 Å². The Balaban J connectivity index is 1.94. The van der Waals surface area contributed by atoms with E-state index in [2.05, 4.69) is 26.7 Å². The van der Waals surface area contributed by atoms with Crippen molar-refractivity contribution < 1.29 is 9.90 Å². The third kappa shape index (κ3) is 4.04. The summed E-state index contributed by atoms with van der Waals surface area (Å²) in [4.78, 5) is 13.6. The molecule has 1 aliphatic heterocycles. The first-order chi connectivity index (χ1) is 10.3. The highest BCUT2D eigenvalue weighted by atomic mass is 16.3. The Hall–Kier alpha value is -1.89. The van der Waals surface area contributed by atoms with Gasteiger partial charge in [0.15, 0.2) is 5.82 Å². The van der Waals surface area contributed by atoms with Crippen molar-refractivity contribution in [1.29, 1.82) is 0 Å². The number of hydrogen-bond acceptors (Lipinski definition) is 4. The fraction of sp³-hybridized carbons (Fsp3) is 0.643. The number of aliphatic hydroxyl groups is 1. The van der Waals surface area contributed by atoms with Crippen LogP contribution in [0.25, 0.3) is 0 Å². The molecular weight excluding hydrogens is 270 g/mol. The Kier molecular flexibility index (Phi) is 5.74. The number of nitrogens with zero attached hydrogens (tertiary/aromatic N) is 4. The summed E-state index contributed by atoms with van der Waals surface area (Å²) >= 11 is 0. The molecule has 0 radical (unpaired) electrons. The molecule has 0 aromatic carbocycles. The van der Waals surface area contributed by atoms with Crippen LogP contribution in [-0.4, -0.2) is 50.5 Å². The number of rotatable bonds is 6. The second-order valence-corrected chi connectivity index (χ2v) is 5.11. The van der Waals surface area contributed by atoms with Crippen LogP contribution in [0.2, 0.25) is 0 Å². The Labute approximate surface area is 124 Å². The van der Waals surface area contributed by atoms with Crippen molar-refractivity contribution in [3.63, 3.8) is 0 Å². The first kappa shape index (κ1) is 15.5. The molecule has 0 unspecified atom stereocenters. The molecule has 0 fully saturated rings. The maximum Gasteiger partial charge on any atom is 0.318 e. The molecule has 2 amide bonds. The predicted molar refractivity (Wildman–Crippen MR) is 78.7 cm³/mol. The van der Waals surface area contributed by atoms with Gasteiger partial charge in [-0.2, -0.15) is 0 Å². The van der Waals surface area contributed by atoms with Crippen molar-refractivity contribution in [1.82, 2.24) is 25.0 Å². The third-order valence-corrected chi connectivity index (χ3v) is 3.59. The number of carbonyl (C=O) groups excluding carboxylic acids is 1. The summed E-state index contributed by atoms with van der Waals surface area (Å²) < 4.78 is 2.11. The van der Waals surface area contributed by atoms with Gasteiger partial charge in [0.2, 0.25) is 0 Å². The molecule has 2 N–H and O–H groups in total. The van der Waals surface area contributed by atoms with Crippen LogP contribution in [0.5, 0.6) is 0 Å². The third-order valence-electron chi connectivity index (χ3n) is 3.59. The molecule has 2 rings (SSSR count). The molecule has 1 aliphatic rings. The molecule has 0 atom stereocenters. The van der Waals surface area contributed by atoms with E-state index in [1.807, 2.05) is 0 Å². The number of aryl methyl sites for hydroxylation is 1. The van der Waals surface area contributed by atoms with Crippen molar-refractivity contribution >= 4 is 6.03 Å². The summed E-state index contributed by atoms with van der Waals surface area (Å²) in [7, 11) is 0. The van der Waals surface area contributed by atoms with Crippen LogP contribution in [-0.2, 0) is 19.5 Å². The van der Waals surface area contributed by atoms with E-state index >= 15 is 0 Å². The largest absolute Gasteiger partial charge is 0.395 e. The quantitative estimate of drug-likeness (QED) is 0.756. The number of amides is 2. The van der Waals surface area contributed by atoms with Crippen LogP contribution in [0.3, 0.4) is 0 Å². The summed E-state index contributed by atoms with van der Waals surface area (Å²) in [6.07, 6.45) is 6.07. The van der Waals surface area contributed by atoms with E-state index in [1.54, 1.807) is 6.08 Å². The summed E-state index contributed by atoms with van der Waals surface area (Å²) in [5.41, 5.74) is 0. The van der Waals surface area contributed by atoms with Crippen LogP contribution in [0.4, 0.5) is 4.79 Å². The molecule has 2 heterocycles. The summed E-state index contributed by atoms with van der Waals surface area (Å²) in [5.74, 6) is 1.80. The average molecular weight is 293 g/mol. The highest BCUT2D eigenvalue weighted by molar-refractivity contribution is 5.74. The minimum absolute atomic E-state index is 0.0679. The summed E-state index contributed by atoms with van der Waals surface area (Å²) in [6, 6.07) is -0.227. The lowest BCUT2D eigenvalue weighted by Gasteiger charge is -2.20. The monoisotopic (exact) mass is 293 g/mol. The summed E-state index contributed by atoms with van der Waals surface area (Å²) in [6.45, 7) is 5.51. The fourth-order valence-corrected chi connectivity index (χ4v) is 2.49. The molecular formula is C14H23N5O2. The van der Waals surface area contributed by atoms with Crippen molar-refractivity contribution in [2.24, 2.45) is 0 Å². The molecule has 7 nitrogen and oxygen atoms in total. The van der Waals surface area contributed by atoms with Gasteiger partial charge in [0, 0.05) is 26.1 Å². The molecule has 0 bridgehead atoms. The Morgan fingerprint density at radius 1 is 1.43 bits per heavy atom. The first-order valence-electron chi connectivity index (χ1n) is 7.41. The number of aliphatic hydroxyl groups excluding tert-OH is 1. The van der Waals surface area contributed by atoms with Gasteiger partial charge < -0.3 is 19.9 Å². The Morgan fingerprint density at radius 2 is 2.29 bits per heavy atom. The molecule has 1 aromatic heterocycles. The highest BCUT2D eigenvalue weighted by Crippen LogP contribution is 2.14. The average Bonchev–Trinajstić information content (AvgIpc) is 2.71. The van der Waals surface area contributed by atoms with Crippen LogP contribution in [0, 0.1) is 0 Å². The van der Waals surface area contributed by atoms with E-state index in [-0.39, 0.29) is 19.2 Å². The molecule has 0 saturated carbocycles. The van der Waals surface area contributed by atoms with Crippen LogP contribution < -0.4 is 5.32 Å². The smallest absolute Gasteiger partial charge is 0.318 e. The lowest BCUT2D eigenvalue weighted by atomic mass is 10.2. The van der Waals surface area contributed by atoms with Gasteiger partial charge in [-0.25, -0.2) is 4.79 Å². The van der Waals surface area contributed by atoms with Gasteiger partial charge in [-0.3, -0.25) is 0 Å². The van der Waals surface area contributed by atoms with Gasteiger partial charge in [0.05, 0.1) is 13.2 Å².